The molecule has 2 rings (SSSR count). The number of hydrogen-bond acceptors (Lipinski definition) is 4. The highest BCUT2D eigenvalue weighted by atomic mass is 16.5. The molecular weight excluding hydrogens is 280 g/mol. The number of rotatable bonds is 7. The number of carbonyl (C=O) groups excluding carboxylic acids is 2. The molecule has 5 nitrogen and oxygen atoms in total. The maximum atomic E-state index is 12.5. The first-order valence-corrected chi connectivity index (χ1v) is 7.97. The van der Waals surface area contributed by atoms with Gasteiger partial charge in [0, 0.05) is 18.5 Å². The molecule has 0 aliphatic carbocycles. The lowest BCUT2D eigenvalue weighted by molar-refractivity contribution is -0.126. The van der Waals surface area contributed by atoms with Crippen LogP contribution in [-0.2, 0) is 4.79 Å². The summed E-state index contributed by atoms with van der Waals surface area (Å²) in [4.78, 5) is 26.4. The van der Waals surface area contributed by atoms with Gasteiger partial charge in [-0.25, -0.2) is 0 Å². The zero-order valence-corrected chi connectivity index (χ0v) is 13.3. The van der Waals surface area contributed by atoms with Gasteiger partial charge in [-0.3, -0.25) is 9.59 Å². The van der Waals surface area contributed by atoms with Crippen LogP contribution in [0.2, 0.25) is 0 Å². The number of anilines is 1. The second-order valence-corrected chi connectivity index (χ2v) is 5.50. The van der Waals surface area contributed by atoms with Crippen LogP contribution in [-0.4, -0.2) is 30.9 Å². The van der Waals surface area contributed by atoms with Gasteiger partial charge >= 0.3 is 0 Å². The Hall–Kier alpha value is -1.88. The summed E-state index contributed by atoms with van der Waals surface area (Å²) in [6.45, 7) is 5.09. The first kappa shape index (κ1) is 16.5. The Bertz CT molecular complexity index is 557. The third-order valence-electron chi connectivity index (χ3n) is 3.81. The van der Waals surface area contributed by atoms with E-state index in [1.54, 1.807) is 23.1 Å². The Morgan fingerprint density at radius 2 is 2.14 bits per heavy atom. The first-order chi connectivity index (χ1) is 10.6. The van der Waals surface area contributed by atoms with Crippen LogP contribution in [0.5, 0.6) is 5.75 Å². The van der Waals surface area contributed by atoms with Gasteiger partial charge in [-0.15, -0.1) is 0 Å². The van der Waals surface area contributed by atoms with Crippen LogP contribution in [0.25, 0.3) is 0 Å². The summed E-state index contributed by atoms with van der Waals surface area (Å²) in [5, 5.41) is 0. The standard InChI is InChI=1S/C17H24N2O3/c1-3-10-19-13-11-12(14(20)6-5-9-18)7-8-16(13)22-15(4-2)17(19)21/h7-8,11,15H,3-6,9-10,18H2,1-2H3. The summed E-state index contributed by atoms with van der Waals surface area (Å²) in [6.07, 6.45) is 2.15. The summed E-state index contributed by atoms with van der Waals surface area (Å²) in [5.41, 5.74) is 6.77. The van der Waals surface area contributed by atoms with Gasteiger partial charge < -0.3 is 15.4 Å². The van der Waals surface area contributed by atoms with Crippen molar-refractivity contribution in [3.8, 4) is 5.75 Å². The Balaban J connectivity index is 2.33. The maximum absolute atomic E-state index is 12.5. The number of fused-ring (bicyclic) bond motifs is 1. The monoisotopic (exact) mass is 304 g/mol. The molecule has 1 unspecified atom stereocenters. The van der Waals surface area contributed by atoms with Crippen molar-refractivity contribution >= 4 is 17.4 Å². The first-order valence-electron chi connectivity index (χ1n) is 7.97. The summed E-state index contributed by atoms with van der Waals surface area (Å²) in [5.74, 6) is 0.702. The quantitative estimate of drug-likeness (QED) is 0.786. The summed E-state index contributed by atoms with van der Waals surface area (Å²) in [7, 11) is 0. The van der Waals surface area contributed by atoms with E-state index in [2.05, 4.69) is 0 Å². The minimum absolute atomic E-state index is 0.0246. The topological polar surface area (TPSA) is 72.6 Å². The number of benzene rings is 1. The second kappa shape index (κ2) is 7.40. The molecule has 0 spiro atoms. The minimum atomic E-state index is -0.433. The van der Waals surface area contributed by atoms with E-state index in [0.29, 0.717) is 49.4 Å². The third kappa shape index (κ3) is 3.30. The number of Topliss-reactive ketones (excluding diaryl/α,β-unsaturated/α-hetero) is 1. The van der Waals surface area contributed by atoms with Crippen LogP contribution < -0.4 is 15.4 Å². The van der Waals surface area contributed by atoms with Gasteiger partial charge in [0.1, 0.15) is 5.75 Å². The van der Waals surface area contributed by atoms with Gasteiger partial charge in [0.15, 0.2) is 11.9 Å². The molecule has 0 saturated carbocycles. The van der Waals surface area contributed by atoms with Gasteiger partial charge in [-0.05, 0) is 44.0 Å². The summed E-state index contributed by atoms with van der Waals surface area (Å²) < 4.78 is 5.76. The van der Waals surface area contributed by atoms with Crippen molar-refractivity contribution in [1.82, 2.24) is 0 Å². The van der Waals surface area contributed by atoms with E-state index in [1.807, 2.05) is 13.8 Å². The predicted molar refractivity (Wildman–Crippen MR) is 86.4 cm³/mol. The van der Waals surface area contributed by atoms with Crippen molar-refractivity contribution in [2.45, 2.75) is 45.6 Å². The van der Waals surface area contributed by atoms with Crippen LogP contribution in [0.4, 0.5) is 5.69 Å². The zero-order valence-electron chi connectivity index (χ0n) is 13.3. The maximum Gasteiger partial charge on any atom is 0.268 e. The van der Waals surface area contributed by atoms with Gasteiger partial charge in [-0.2, -0.15) is 0 Å². The Labute approximate surface area is 131 Å². The molecule has 0 bridgehead atoms. The summed E-state index contributed by atoms with van der Waals surface area (Å²) >= 11 is 0. The van der Waals surface area contributed by atoms with Gasteiger partial charge in [0.2, 0.25) is 0 Å². The number of amides is 1. The summed E-state index contributed by atoms with van der Waals surface area (Å²) in [6, 6.07) is 5.33. The smallest absolute Gasteiger partial charge is 0.268 e. The number of ketones is 1. The Morgan fingerprint density at radius 3 is 2.77 bits per heavy atom. The number of carbonyl (C=O) groups is 2. The number of nitrogens with zero attached hydrogens (tertiary/aromatic N) is 1. The lowest BCUT2D eigenvalue weighted by Gasteiger charge is -2.34. The largest absolute Gasteiger partial charge is 0.478 e. The van der Waals surface area contributed by atoms with E-state index < -0.39 is 6.10 Å². The van der Waals surface area contributed by atoms with Crippen molar-refractivity contribution in [2.75, 3.05) is 18.0 Å². The lowest BCUT2D eigenvalue weighted by atomic mass is 10.0. The zero-order chi connectivity index (χ0) is 16.1. The molecule has 0 radical (unpaired) electrons. The molecule has 1 aromatic carbocycles. The fourth-order valence-corrected chi connectivity index (χ4v) is 2.62. The van der Waals surface area contributed by atoms with Crippen molar-refractivity contribution < 1.29 is 14.3 Å². The van der Waals surface area contributed by atoms with Crippen molar-refractivity contribution in [3.63, 3.8) is 0 Å². The molecule has 2 N–H and O–H groups in total. The van der Waals surface area contributed by atoms with E-state index in [0.717, 1.165) is 6.42 Å². The molecule has 1 aromatic rings. The molecule has 0 fully saturated rings. The highest BCUT2D eigenvalue weighted by molar-refractivity contribution is 6.03. The average molecular weight is 304 g/mol. The van der Waals surface area contributed by atoms with E-state index in [4.69, 9.17) is 10.5 Å². The van der Waals surface area contributed by atoms with E-state index >= 15 is 0 Å². The second-order valence-electron chi connectivity index (χ2n) is 5.50. The highest BCUT2D eigenvalue weighted by Crippen LogP contribution is 2.36. The molecule has 22 heavy (non-hydrogen) atoms. The van der Waals surface area contributed by atoms with Gasteiger partial charge in [0.05, 0.1) is 5.69 Å². The molecule has 0 aromatic heterocycles. The fraction of sp³-hybridized carbons (Fsp3) is 0.529. The van der Waals surface area contributed by atoms with Crippen molar-refractivity contribution in [2.24, 2.45) is 5.73 Å². The number of hydrogen-bond donors (Lipinski definition) is 1. The van der Waals surface area contributed by atoms with Gasteiger partial charge in [0.25, 0.3) is 5.91 Å². The van der Waals surface area contributed by atoms with Crippen molar-refractivity contribution in [3.05, 3.63) is 23.8 Å². The molecule has 1 atom stereocenters. The molecule has 1 amide bonds. The Kier molecular flexibility index (Phi) is 5.55. The predicted octanol–water partition coefficient (Wildman–Crippen LogP) is 2.52. The van der Waals surface area contributed by atoms with Gasteiger partial charge in [-0.1, -0.05) is 13.8 Å². The fourth-order valence-electron chi connectivity index (χ4n) is 2.62. The molecule has 1 aliphatic heterocycles. The number of nitrogens with two attached hydrogens (primary N) is 1. The van der Waals surface area contributed by atoms with E-state index in [1.165, 1.54) is 0 Å². The van der Waals surface area contributed by atoms with Crippen LogP contribution in [0.3, 0.4) is 0 Å². The van der Waals surface area contributed by atoms with Crippen molar-refractivity contribution in [1.29, 1.82) is 0 Å². The minimum Gasteiger partial charge on any atom is -0.478 e. The highest BCUT2D eigenvalue weighted by Gasteiger charge is 2.33. The van der Waals surface area contributed by atoms with E-state index in [9.17, 15) is 9.59 Å². The molecule has 1 heterocycles. The third-order valence-corrected chi connectivity index (χ3v) is 3.81. The SMILES string of the molecule is CCCN1C(=O)C(CC)Oc2ccc(C(=O)CCCN)cc21. The molecule has 1 aliphatic rings. The molecular formula is C17H24N2O3. The van der Waals surface area contributed by atoms with Crippen LogP contribution in [0, 0.1) is 0 Å². The van der Waals surface area contributed by atoms with Crippen LogP contribution in [0.15, 0.2) is 18.2 Å². The number of ether oxygens (including phenoxy) is 1. The van der Waals surface area contributed by atoms with Crippen LogP contribution in [0.1, 0.15) is 49.9 Å². The Morgan fingerprint density at radius 1 is 1.36 bits per heavy atom. The molecule has 0 saturated heterocycles. The lowest BCUT2D eigenvalue weighted by Crippen LogP contribution is -2.46. The molecule has 120 valence electrons. The van der Waals surface area contributed by atoms with Crippen LogP contribution >= 0.6 is 0 Å². The average Bonchev–Trinajstić information content (AvgIpc) is 2.54. The normalized spacial score (nSPS) is 17.1. The van der Waals surface area contributed by atoms with E-state index in [-0.39, 0.29) is 11.7 Å². The molecule has 5 heteroatoms.